The summed E-state index contributed by atoms with van der Waals surface area (Å²) in [6, 6.07) is 5.98. The van der Waals surface area contributed by atoms with Crippen molar-refractivity contribution < 1.29 is 0 Å². The Morgan fingerprint density at radius 3 is 2.89 bits per heavy atom. The SMILES string of the molecule is CCCNc1ccc(Cl)c(CN(C)CC(C)C#N)n1. The average molecular weight is 281 g/mol. The molecule has 0 fully saturated rings. The van der Waals surface area contributed by atoms with Crippen LogP contribution < -0.4 is 5.32 Å². The summed E-state index contributed by atoms with van der Waals surface area (Å²) in [6.45, 7) is 6.27. The molecule has 0 bridgehead atoms. The number of anilines is 1. The average Bonchev–Trinajstić information content (AvgIpc) is 2.39. The number of rotatable bonds is 7. The van der Waals surface area contributed by atoms with E-state index in [1.165, 1.54) is 0 Å². The van der Waals surface area contributed by atoms with Gasteiger partial charge in [0.05, 0.1) is 22.7 Å². The zero-order valence-corrected chi connectivity index (χ0v) is 12.5. The van der Waals surface area contributed by atoms with Gasteiger partial charge < -0.3 is 5.32 Å². The fourth-order valence-electron chi connectivity index (χ4n) is 1.78. The Kier molecular flexibility index (Phi) is 6.61. The molecule has 1 N–H and O–H groups in total. The number of nitrogens with zero attached hydrogens (tertiary/aromatic N) is 3. The van der Waals surface area contributed by atoms with Gasteiger partial charge in [-0.15, -0.1) is 0 Å². The van der Waals surface area contributed by atoms with Gasteiger partial charge >= 0.3 is 0 Å². The van der Waals surface area contributed by atoms with Crippen molar-refractivity contribution in [3.8, 4) is 6.07 Å². The Morgan fingerprint density at radius 1 is 1.53 bits per heavy atom. The van der Waals surface area contributed by atoms with Crippen LogP contribution >= 0.6 is 11.6 Å². The third-order valence-electron chi connectivity index (χ3n) is 2.70. The number of hydrogen-bond donors (Lipinski definition) is 1. The molecule has 104 valence electrons. The largest absolute Gasteiger partial charge is 0.370 e. The van der Waals surface area contributed by atoms with E-state index in [2.05, 4.69) is 28.2 Å². The Labute approximate surface area is 120 Å². The zero-order valence-electron chi connectivity index (χ0n) is 11.8. The number of aromatic nitrogens is 1. The van der Waals surface area contributed by atoms with Gasteiger partial charge in [-0.05, 0) is 32.5 Å². The highest BCUT2D eigenvalue weighted by atomic mass is 35.5. The first-order valence-corrected chi connectivity index (χ1v) is 6.92. The lowest BCUT2D eigenvalue weighted by atomic mass is 10.2. The van der Waals surface area contributed by atoms with Crippen molar-refractivity contribution in [1.82, 2.24) is 9.88 Å². The number of pyridine rings is 1. The maximum Gasteiger partial charge on any atom is 0.126 e. The minimum Gasteiger partial charge on any atom is -0.370 e. The van der Waals surface area contributed by atoms with Crippen molar-refractivity contribution in [2.45, 2.75) is 26.8 Å². The second kappa shape index (κ2) is 7.98. The van der Waals surface area contributed by atoms with Crippen LogP contribution in [0.2, 0.25) is 5.02 Å². The lowest BCUT2D eigenvalue weighted by molar-refractivity contribution is 0.300. The highest BCUT2D eigenvalue weighted by Gasteiger charge is 2.10. The minimum absolute atomic E-state index is 0.00479. The van der Waals surface area contributed by atoms with E-state index in [9.17, 15) is 0 Å². The third kappa shape index (κ3) is 5.46. The fraction of sp³-hybridized carbons (Fsp3) is 0.571. The molecular weight excluding hydrogens is 260 g/mol. The van der Waals surface area contributed by atoms with E-state index in [1.807, 2.05) is 26.1 Å². The molecule has 0 saturated carbocycles. The summed E-state index contributed by atoms with van der Waals surface area (Å²) in [4.78, 5) is 6.58. The second-order valence-corrected chi connectivity index (χ2v) is 5.19. The highest BCUT2D eigenvalue weighted by molar-refractivity contribution is 6.31. The van der Waals surface area contributed by atoms with Crippen molar-refractivity contribution in [3.05, 3.63) is 22.8 Å². The molecule has 0 spiro atoms. The van der Waals surface area contributed by atoms with Crippen molar-refractivity contribution in [3.63, 3.8) is 0 Å². The Hall–Kier alpha value is -1.31. The summed E-state index contributed by atoms with van der Waals surface area (Å²) in [6.07, 6.45) is 1.05. The summed E-state index contributed by atoms with van der Waals surface area (Å²) in [5.74, 6) is 0.855. The Balaban J connectivity index is 2.68. The van der Waals surface area contributed by atoms with Gasteiger partial charge in [0.2, 0.25) is 0 Å². The van der Waals surface area contributed by atoms with Gasteiger partial charge in [-0.2, -0.15) is 5.26 Å². The number of hydrogen-bond acceptors (Lipinski definition) is 4. The molecular formula is C14H21ClN4. The third-order valence-corrected chi connectivity index (χ3v) is 3.04. The molecule has 0 aromatic carbocycles. The van der Waals surface area contributed by atoms with Crippen LogP contribution in [0, 0.1) is 17.2 Å². The van der Waals surface area contributed by atoms with Gasteiger partial charge in [0, 0.05) is 19.6 Å². The molecule has 0 aliphatic rings. The van der Waals surface area contributed by atoms with Crippen LogP contribution in [0.4, 0.5) is 5.82 Å². The fourth-order valence-corrected chi connectivity index (χ4v) is 1.94. The first kappa shape index (κ1) is 15.7. The predicted molar refractivity (Wildman–Crippen MR) is 79.1 cm³/mol. The summed E-state index contributed by atoms with van der Waals surface area (Å²) in [5, 5.41) is 12.7. The quantitative estimate of drug-likeness (QED) is 0.834. The maximum atomic E-state index is 8.82. The number of nitrogens with one attached hydrogen (secondary N) is 1. The molecule has 0 radical (unpaired) electrons. The lowest BCUT2D eigenvalue weighted by Gasteiger charge is -2.18. The van der Waals surface area contributed by atoms with E-state index in [0.717, 1.165) is 24.5 Å². The number of halogens is 1. The molecule has 1 aromatic rings. The van der Waals surface area contributed by atoms with Crippen LogP contribution in [0.15, 0.2) is 12.1 Å². The molecule has 5 heteroatoms. The smallest absolute Gasteiger partial charge is 0.126 e. The van der Waals surface area contributed by atoms with Crippen molar-refractivity contribution in [2.24, 2.45) is 5.92 Å². The molecule has 1 unspecified atom stereocenters. The monoisotopic (exact) mass is 280 g/mol. The zero-order chi connectivity index (χ0) is 14.3. The lowest BCUT2D eigenvalue weighted by Crippen LogP contribution is -2.24. The standard InChI is InChI=1S/C14H21ClN4/c1-4-7-17-14-6-5-12(15)13(18-14)10-19(3)9-11(2)8-16/h5-6,11H,4,7,9-10H2,1-3H3,(H,17,18). The van der Waals surface area contributed by atoms with Gasteiger partial charge in [-0.1, -0.05) is 18.5 Å². The van der Waals surface area contributed by atoms with Crippen LogP contribution in [0.5, 0.6) is 0 Å². The van der Waals surface area contributed by atoms with Crippen molar-refractivity contribution in [1.29, 1.82) is 5.26 Å². The molecule has 0 saturated heterocycles. The van der Waals surface area contributed by atoms with E-state index >= 15 is 0 Å². The maximum absolute atomic E-state index is 8.82. The van der Waals surface area contributed by atoms with E-state index in [-0.39, 0.29) is 5.92 Å². The van der Waals surface area contributed by atoms with Crippen molar-refractivity contribution in [2.75, 3.05) is 25.5 Å². The van der Waals surface area contributed by atoms with E-state index in [0.29, 0.717) is 18.1 Å². The normalized spacial score (nSPS) is 12.2. The van der Waals surface area contributed by atoms with Gasteiger partial charge in [0.25, 0.3) is 0 Å². The van der Waals surface area contributed by atoms with Crippen LogP contribution in [-0.4, -0.2) is 30.0 Å². The highest BCUT2D eigenvalue weighted by Crippen LogP contribution is 2.18. The van der Waals surface area contributed by atoms with Gasteiger partial charge in [-0.25, -0.2) is 4.98 Å². The van der Waals surface area contributed by atoms with Crippen LogP contribution in [-0.2, 0) is 6.54 Å². The molecule has 0 aliphatic heterocycles. The summed E-state index contributed by atoms with van der Waals surface area (Å²) >= 11 is 6.16. The van der Waals surface area contributed by atoms with Crippen LogP contribution in [0.3, 0.4) is 0 Å². The first-order valence-electron chi connectivity index (χ1n) is 6.54. The van der Waals surface area contributed by atoms with Gasteiger partial charge in [0.1, 0.15) is 5.82 Å². The van der Waals surface area contributed by atoms with Crippen molar-refractivity contribution >= 4 is 17.4 Å². The first-order chi connectivity index (χ1) is 9.06. The molecule has 0 amide bonds. The molecule has 1 heterocycles. The summed E-state index contributed by atoms with van der Waals surface area (Å²) in [5.41, 5.74) is 0.843. The van der Waals surface area contributed by atoms with E-state index in [1.54, 1.807) is 0 Å². The molecule has 4 nitrogen and oxygen atoms in total. The number of nitriles is 1. The molecule has 19 heavy (non-hydrogen) atoms. The predicted octanol–water partition coefficient (Wildman–Crippen LogP) is 3.15. The van der Waals surface area contributed by atoms with Gasteiger partial charge in [0.15, 0.2) is 0 Å². The van der Waals surface area contributed by atoms with Gasteiger partial charge in [-0.3, -0.25) is 4.90 Å². The molecule has 0 aliphatic carbocycles. The Morgan fingerprint density at radius 2 is 2.26 bits per heavy atom. The van der Waals surface area contributed by atoms with Crippen LogP contribution in [0.1, 0.15) is 26.0 Å². The minimum atomic E-state index is 0.00479. The molecule has 1 rings (SSSR count). The topological polar surface area (TPSA) is 52.0 Å². The summed E-state index contributed by atoms with van der Waals surface area (Å²) in [7, 11) is 1.97. The molecule has 1 aromatic heterocycles. The summed E-state index contributed by atoms with van der Waals surface area (Å²) < 4.78 is 0. The van der Waals surface area contributed by atoms with E-state index < -0.39 is 0 Å². The van der Waals surface area contributed by atoms with Crippen LogP contribution in [0.25, 0.3) is 0 Å². The van der Waals surface area contributed by atoms with E-state index in [4.69, 9.17) is 16.9 Å². The second-order valence-electron chi connectivity index (χ2n) is 4.78. The Bertz CT molecular complexity index is 442. The molecule has 1 atom stereocenters.